The molecule has 1 heterocycles. The fraction of sp³-hybridized carbons (Fsp3) is 0.900. The number of nitrogens with zero attached hydrogens (tertiary/aromatic N) is 1. The van der Waals surface area contributed by atoms with E-state index in [2.05, 4.69) is 9.68 Å². The van der Waals surface area contributed by atoms with Crippen LogP contribution in [0.25, 0.3) is 0 Å². The number of amides is 1. The van der Waals surface area contributed by atoms with E-state index in [1.54, 1.807) is 20.8 Å². The SMILES string of the molecule is CC(C)(C)OC(=O)N=S1(=O)CCCNCC1. The van der Waals surface area contributed by atoms with E-state index < -0.39 is 21.4 Å². The van der Waals surface area contributed by atoms with Crippen LogP contribution in [0.15, 0.2) is 4.36 Å². The molecule has 0 spiro atoms. The largest absolute Gasteiger partial charge is 0.442 e. The lowest BCUT2D eigenvalue weighted by Crippen LogP contribution is -2.24. The second kappa shape index (κ2) is 5.14. The molecular weight excluding hydrogens is 228 g/mol. The van der Waals surface area contributed by atoms with Crippen LogP contribution in [0, 0.1) is 0 Å². The monoisotopic (exact) mass is 248 g/mol. The zero-order valence-electron chi connectivity index (χ0n) is 10.1. The molecule has 1 fully saturated rings. The van der Waals surface area contributed by atoms with E-state index in [1.807, 2.05) is 0 Å². The summed E-state index contributed by atoms with van der Waals surface area (Å²) in [5.41, 5.74) is -0.584. The Balaban J connectivity index is 2.73. The summed E-state index contributed by atoms with van der Waals surface area (Å²) < 4.78 is 21.0. The quantitative estimate of drug-likeness (QED) is 0.703. The number of nitrogens with one attached hydrogen (secondary N) is 1. The molecule has 1 aliphatic rings. The minimum Gasteiger partial charge on any atom is -0.442 e. The normalized spacial score (nSPS) is 26.9. The van der Waals surface area contributed by atoms with Gasteiger partial charge in [-0.1, -0.05) is 0 Å². The first-order valence-corrected chi connectivity index (χ1v) is 7.32. The lowest BCUT2D eigenvalue weighted by molar-refractivity contribution is 0.0607. The van der Waals surface area contributed by atoms with Crippen molar-refractivity contribution in [1.82, 2.24) is 5.32 Å². The molecule has 0 aromatic carbocycles. The maximum Gasteiger partial charge on any atom is 0.442 e. The van der Waals surface area contributed by atoms with Crippen LogP contribution in [0.5, 0.6) is 0 Å². The number of hydrogen-bond donors (Lipinski definition) is 1. The minimum atomic E-state index is -2.41. The Kier molecular flexibility index (Phi) is 4.32. The first-order valence-electron chi connectivity index (χ1n) is 5.47. The van der Waals surface area contributed by atoms with E-state index in [-0.39, 0.29) is 0 Å². The Labute approximate surface area is 97.1 Å². The Hall–Kier alpha value is -0.620. The van der Waals surface area contributed by atoms with Gasteiger partial charge in [-0.15, -0.1) is 4.36 Å². The van der Waals surface area contributed by atoms with Crippen molar-refractivity contribution in [2.45, 2.75) is 32.8 Å². The Bertz CT molecular complexity index is 351. The third-order valence-corrected chi connectivity index (χ3v) is 4.30. The van der Waals surface area contributed by atoms with Crippen LogP contribution >= 0.6 is 0 Å². The molecule has 1 atom stereocenters. The number of ether oxygens (including phenoxy) is 1. The zero-order chi connectivity index (χ0) is 12.2. The van der Waals surface area contributed by atoms with Crippen molar-refractivity contribution in [2.75, 3.05) is 24.6 Å². The maximum absolute atomic E-state index is 12.2. The molecule has 1 saturated heterocycles. The highest BCUT2D eigenvalue weighted by atomic mass is 32.2. The molecule has 1 aliphatic heterocycles. The van der Waals surface area contributed by atoms with E-state index in [4.69, 9.17) is 4.74 Å². The van der Waals surface area contributed by atoms with Gasteiger partial charge in [0.25, 0.3) is 0 Å². The highest BCUT2D eigenvalue weighted by Crippen LogP contribution is 2.10. The zero-order valence-corrected chi connectivity index (χ0v) is 10.9. The molecule has 1 N–H and O–H groups in total. The van der Waals surface area contributed by atoms with Gasteiger partial charge >= 0.3 is 6.09 Å². The van der Waals surface area contributed by atoms with Crippen molar-refractivity contribution in [3.8, 4) is 0 Å². The van der Waals surface area contributed by atoms with Crippen LogP contribution in [-0.2, 0) is 14.5 Å². The molecule has 0 aromatic heterocycles. The van der Waals surface area contributed by atoms with E-state index in [0.717, 1.165) is 13.0 Å². The summed E-state index contributed by atoms with van der Waals surface area (Å²) in [4.78, 5) is 11.5. The molecule has 5 nitrogen and oxygen atoms in total. The minimum absolute atomic E-state index is 0.423. The first-order chi connectivity index (χ1) is 7.31. The topological polar surface area (TPSA) is 67.8 Å². The van der Waals surface area contributed by atoms with Gasteiger partial charge in [0.1, 0.15) is 5.60 Å². The second-order valence-corrected chi connectivity index (χ2v) is 7.40. The van der Waals surface area contributed by atoms with Gasteiger partial charge < -0.3 is 10.1 Å². The summed E-state index contributed by atoms with van der Waals surface area (Å²) in [6, 6.07) is 0. The van der Waals surface area contributed by atoms with E-state index in [9.17, 15) is 9.00 Å². The fourth-order valence-electron chi connectivity index (χ4n) is 1.39. The van der Waals surface area contributed by atoms with Crippen molar-refractivity contribution in [1.29, 1.82) is 0 Å². The molecule has 0 bridgehead atoms. The van der Waals surface area contributed by atoms with Gasteiger partial charge in [-0.3, -0.25) is 0 Å². The van der Waals surface area contributed by atoms with E-state index in [0.29, 0.717) is 18.1 Å². The lowest BCUT2D eigenvalue weighted by atomic mass is 10.2. The van der Waals surface area contributed by atoms with E-state index in [1.165, 1.54) is 0 Å². The van der Waals surface area contributed by atoms with Crippen molar-refractivity contribution in [3.63, 3.8) is 0 Å². The van der Waals surface area contributed by atoms with Crippen LogP contribution in [0.3, 0.4) is 0 Å². The van der Waals surface area contributed by atoms with Gasteiger partial charge in [0.05, 0.1) is 9.73 Å². The molecule has 94 valence electrons. The molecular formula is C10H20N2O3S. The maximum atomic E-state index is 12.2. The highest BCUT2D eigenvalue weighted by Gasteiger charge is 2.19. The number of hydrogen-bond acceptors (Lipinski definition) is 4. The predicted octanol–water partition coefficient (Wildman–Crippen LogP) is 1.38. The third kappa shape index (κ3) is 4.94. The molecule has 6 heteroatoms. The number of carbonyl (C=O) groups is 1. The molecule has 0 aromatic rings. The van der Waals surface area contributed by atoms with Gasteiger partial charge in [-0.25, -0.2) is 9.00 Å². The van der Waals surface area contributed by atoms with Crippen LogP contribution in [0.4, 0.5) is 4.79 Å². The molecule has 0 radical (unpaired) electrons. The summed E-state index contributed by atoms with van der Waals surface area (Å²) in [7, 11) is -2.41. The summed E-state index contributed by atoms with van der Waals surface area (Å²) in [5.74, 6) is 0.894. The summed E-state index contributed by atoms with van der Waals surface area (Å²) in [6.07, 6.45) is 0.0740. The Morgan fingerprint density at radius 3 is 2.62 bits per heavy atom. The highest BCUT2D eigenvalue weighted by molar-refractivity contribution is 7.93. The van der Waals surface area contributed by atoms with Crippen LogP contribution in [0.1, 0.15) is 27.2 Å². The molecule has 1 rings (SSSR count). The van der Waals surface area contributed by atoms with Crippen LogP contribution in [0.2, 0.25) is 0 Å². The summed E-state index contributed by atoms with van der Waals surface area (Å²) in [6.45, 7) is 6.78. The second-order valence-electron chi connectivity index (χ2n) is 4.86. The molecule has 0 saturated carbocycles. The van der Waals surface area contributed by atoms with E-state index >= 15 is 0 Å². The van der Waals surface area contributed by atoms with Gasteiger partial charge in [0, 0.05) is 18.1 Å². The Morgan fingerprint density at radius 1 is 1.31 bits per heavy atom. The molecule has 16 heavy (non-hydrogen) atoms. The first kappa shape index (κ1) is 13.4. The average molecular weight is 248 g/mol. The summed E-state index contributed by atoms with van der Waals surface area (Å²) in [5, 5.41) is 3.13. The van der Waals surface area contributed by atoms with Crippen molar-refractivity contribution in [3.05, 3.63) is 0 Å². The number of rotatable bonds is 0. The van der Waals surface area contributed by atoms with Crippen molar-refractivity contribution >= 4 is 15.8 Å². The van der Waals surface area contributed by atoms with Crippen molar-refractivity contribution in [2.24, 2.45) is 4.36 Å². The fourth-order valence-corrected chi connectivity index (χ4v) is 3.14. The van der Waals surface area contributed by atoms with Gasteiger partial charge in [-0.2, -0.15) is 0 Å². The van der Waals surface area contributed by atoms with Crippen LogP contribution in [-0.4, -0.2) is 40.5 Å². The van der Waals surface area contributed by atoms with Gasteiger partial charge in [0.15, 0.2) is 0 Å². The third-order valence-electron chi connectivity index (χ3n) is 2.05. The number of carbonyl (C=O) groups excluding carboxylic acids is 1. The van der Waals surface area contributed by atoms with Crippen LogP contribution < -0.4 is 5.32 Å². The van der Waals surface area contributed by atoms with Gasteiger partial charge in [0.2, 0.25) is 0 Å². The lowest BCUT2D eigenvalue weighted by Gasteiger charge is -2.17. The Morgan fingerprint density at radius 2 is 2.00 bits per heavy atom. The standard InChI is InChI=1S/C10H20N2O3S/c1-10(2,3)15-9(13)12-16(14)7-4-5-11-6-8-16/h11H,4-8H2,1-3H3. The summed E-state index contributed by atoms with van der Waals surface area (Å²) >= 11 is 0. The predicted molar refractivity (Wildman–Crippen MR) is 64.0 cm³/mol. The van der Waals surface area contributed by atoms with Gasteiger partial charge in [-0.05, 0) is 33.7 Å². The smallest absolute Gasteiger partial charge is 0.442 e. The molecule has 1 amide bonds. The average Bonchev–Trinajstić information content (AvgIpc) is 2.25. The molecule has 1 unspecified atom stereocenters. The van der Waals surface area contributed by atoms with Crippen molar-refractivity contribution < 1.29 is 13.7 Å². The molecule has 0 aliphatic carbocycles.